The molecule has 1 aromatic heterocycles. The number of hydrogen-bond acceptors (Lipinski definition) is 1. The lowest BCUT2D eigenvalue weighted by Crippen LogP contribution is -2.05. The molecule has 0 saturated heterocycles. The molecule has 3 heteroatoms. The normalized spacial score (nSPS) is 12.7. The molecule has 0 aliphatic rings. The molecule has 16 heavy (non-hydrogen) atoms. The van der Waals surface area contributed by atoms with Crippen molar-refractivity contribution in [3.63, 3.8) is 0 Å². The second-order valence-corrected chi connectivity index (χ2v) is 4.21. The summed E-state index contributed by atoms with van der Waals surface area (Å²) in [5.74, 6) is 0.207. The fraction of sp³-hybridized carbons (Fsp3) is 0.308. The first-order chi connectivity index (χ1) is 7.59. The van der Waals surface area contributed by atoms with Gasteiger partial charge in [0.1, 0.15) is 0 Å². The van der Waals surface area contributed by atoms with Gasteiger partial charge in [-0.1, -0.05) is 25.1 Å². The second kappa shape index (κ2) is 4.00. The van der Waals surface area contributed by atoms with Crippen molar-refractivity contribution in [2.45, 2.75) is 26.7 Å². The maximum Gasteiger partial charge on any atom is 0.323 e. The van der Waals surface area contributed by atoms with Gasteiger partial charge in [0.25, 0.3) is 0 Å². The minimum absolute atomic E-state index is 0.146. The SMILES string of the molecule is Cc1cccc([C@H](C)c2c[nH]c(=O)[nH]2)c1C. The van der Waals surface area contributed by atoms with Crippen LogP contribution in [-0.2, 0) is 0 Å². The van der Waals surface area contributed by atoms with E-state index in [4.69, 9.17) is 0 Å². The van der Waals surface area contributed by atoms with Crippen LogP contribution >= 0.6 is 0 Å². The van der Waals surface area contributed by atoms with Gasteiger partial charge in [0, 0.05) is 17.8 Å². The number of hydrogen-bond donors (Lipinski definition) is 2. The fourth-order valence-electron chi connectivity index (χ4n) is 1.99. The molecule has 84 valence electrons. The maximum atomic E-state index is 11.1. The molecular weight excluding hydrogens is 200 g/mol. The van der Waals surface area contributed by atoms with Crippen LogP contribution in [0, 0.1) is 13.8 Å². The highest BCUT2D eigenvalue weighted by Gasteiger charge is 2.13. The average molecular weight is 216 g/mol. The average Bonchev–Trinajstić information content (AvgIpc) is 2.68. The minimum Gasteiger partial charge on any atom is -0.313 e. The Bertz CT molecular complexity index is 551. The van der Waals surface area contributed by atoms with Gasteiger partial charge in [0.05, 0.1) is 0 Å². The molecule has 1 atom stereocenters. The van der Waals surface area contributed by atoms with Crippen LogP contribution in [0.5, 0.6) is 0 Å². The number of aromatic amines is 2. The van der Waals surface area contributed by atoms with Gasteiger partial charge in [-0.15, -0.1) is 0 Å². The molecule has 0 aliphatic carbocycles. The summed E-state index contributed by atoms with van der Waals surface area (Å²) in [7, 11) is 0. The smallest absolute Gasteiger partial charge is 0.313 e. The van der Waals surface area contributed by atoms with Gasteiger partial charge in [0.15, 0.2) is 0 Å². The van der Waals surface area contributed by atoms with Gasteiger partial charge >= 0.3 is 5.69 Å². The minimum atomic E-state index is -0.146. The number of rotatable bonds is 2. The summed E-state index contributed by atoms with van der Waals surface area (Å²) >= 11 is 0. The fourth-order valence-corrected chi connectivity index (χ4v) is 1.99. The van der Waals surface area contributed by atoms with Gasteiger partial charge < -0.3 is 9.97 Å². The molecule has 0 saturated carbocycles. The molecule has 0 fully saturated rings. The van der Waals surface area contributed by atoms with E-state index in [1.165, 1.54) is 16.7 Å². The van der Waals surface area contributed by atoms with Gasteiger partial charge in [-0.2, -0.15) is 0 Å². The number of benzene rings is 1. The van der Waals surface area contributed by atoms with E-state index in [0.717, 1.165) is 5.69 Å². The van der Waals surface area contributed by atoms with Crippen LogP contribution in [0.2, 0.25) is 0 Å². The molecule has 0 amide bonds. The first-order valence-electron chi connectivity index (χ1n) is 5.43. The van der Waals surface area contributed by atoms with Crippen molar-refractivity contribution in [3.8, 4) is 0 Å². The van der Waals surface area contributed by atoms with E-state index in [-0.39, 0.29) is 11.6 Å². The summed E-state index contributed by atoms with van der Waals surface area (Å²) in [5, 5.41) is 0. The third kappa shape index (κ3) is 1.81. The van der Waals surface area contributed by atoms with Crippen molar-refractivity contribution < 1.29 is 0 Å². The van der Waals surface area contributed by atoms with Gasteiger partial charge in [0.2, 0.25) is 0 Å². The lowest BCUT2D eigenvalue weighted by Gasteiger charge is -2.14. The standard InChI is InChI=1S/C13H16N2O/c1-8-5-4-6-11(9(8)2)10(3)12-7-14-13(16)15-12/h4-7,10H,1-3H3,(H2,14,15,16)/t10-/m0/s1. The summed E-state index contributed by atoms with van der Waals surface area (Å²) in [5.41, 5.74) is 4.61. The van der Waals surface area contributed by atoms with Crippen molar-refractivity contribution in [1.82, 2.24) is 9.97 Å². The van der Waals surface area contributed by atoms with Crippen LogP contribution in [0.25, 0.3) is 0 Å². The third-order valence-corrected chi connectivity index (χ3v) is 3.20. The van der Waals surface area contributed by atoms with Crippen LogP contribution in [0.1, 0.15) is 35.2 Å². The molecule has 2 rings (SSSR count). The highest BCUT2D eigenvalue weighted by atomic mass is 16.1. The Morgan fingerprint density at radius 1 is 1.25 bits per heavy atom. The van der Waals surface area contributed by atoms with E-state index in [0.29, 0.717) is 0 Å². The molecule has 0 spiro atoms. The molecule has 1 heterocycles. The van der Waals surface area contributed by atoms with E-state index >= 15 is 0 Å². The van der Waals surface area contributed by atoms with Crippen LogP contribution in [0.3, 0.4) is 0 Å². The summed E-state index contributed by atoms with van der Waals surface area (Å²) in [6.45, 7) is 6.32. The molecule has 0 bridgehead atoms. The molecule has 1 aromatic carbocycles. The summed E-state index contributed by atoms with van der Waals surface area (Å²) in [6.07, 6.45) is 1.74. The Morgan fingerprint density at radius 3 is 2.62 bits per heavy atom. The number of aryl methyl sites for hydroxylation is 1. The molecule has 0 aliphatic heterocycles. The Hall–Kier alpha value is -1.77. The summed E-state index contributed by atoms with van der Waals surface area (Å²) in [4.78, 5) is 16.5. The van der Waals surface area contributed by atoms with Crippen molar-refractivity contribution in [2.24, 2.45) is 0 Å². The molecule has 2 aromatic rings. The molecule has 2 N–H and O–H groups in total. The van der Waals surface area contributed by atoms with Gasteiger partial charge in [-0.25, -0.2) is 4.79 Å². The van der Waals surface area contributed by atoms with Crippen molar-refractivity contribution in [3.05, 3.63) is 57.3 Å². The van der Waals surface area contributed by atoms with Crippen LogP contribution < -0.4 is 5.69 Å². The highest BCUT2D eigenvalue weighted by Crippen LogP contribution is 2.25. The van der Waals surface area contributed by atoms with E-state index in [1.807, 2.05) is 0 Å². The number of imidazole rings is 1. The Labute approximate surface area is 94.5 Å². The van der Waals surface area contributed by atoms with Crippen LogP contribution in [-0.4, -0.2) is 9.97 Å². The van der Waals surface area contributed by atoms with Crippen LogP contribution in [0.4, 0.5) is 0 Å². The predicted molar refractivity (Wildman–Crippen MR) is 64.8 cm³/mol. The molecule has 0 unspecified atom stereocenters. The van der Waals surface area contributed by atoms with Crippen molar-refractivity contribution in [2.75, 3.05) is 0 Å². The van der Waals surface area contributed by atoms with E-state index in [9.17, 15) is 4.79 Å². The second-order valence-electron chi connectivity index (χ2n) is 4.21. The first kappa shape index (κ1) is 10.7. The monoisotopic (exact) mass is 216 g/mol. The Balaban J connectivity index is 2.45. The summed E-state index contributed by atoms with van der Waals surface area (Å²) in [6, 6.07) is 6.27. The van der Waals surface area contributed by atoms with E-state index in [2.05, 4.69) is 48.9 Å². The van der Waals surface area contributed by atoms with Crippen molar-refractivity contribution in [1.29, 1.82) is 0 Å². The van der Waals surface area contributed by atoms with Crippen molar-refractivity contribution >= 4 is 0 Å². The molecule has 3 nitrogen and oxygen atoms in total. The first-order valence-corrected chi connectivity index (χ1v) is 5.43. The topological polar surface area (TPSA) is 48.6 Å². The third-order valence-electron chi connectivity index (χ3n) is 3.20. The lowest BCUT2D eigenvalue weighted by atomic mass is 9.92. The summed E-state index contributed by atoms with van der Waals surface area (Å²) < 4.78 is 0. The zero-order valence-corrected chi connectivity index (χ0v) is 9.79. The van der Waals surface area contributed by atoms with E-state index < -0.39 is 0 Å². The number of aromatic nitrogens is 2. The maximum absolute atomic E-state index is 11.1. The van der Waals surface area contributed by atoms with E-state index in [1.54, 1.807) is 6.20 Å². The quantitative estimate of drug-likeness (QED) is 0.796. The highest BCUT2D eigenvalue weighted by molar-refractivity contribution is 5.38. The molecule has 0 radical (unpaired) electrons. The number of nitrogens with one attached hydrogen (secondary N) is 2. The van der Waals surface area contributed by atoms with Gasteiger partial charge in [-0.05, 0) is 30.5 Å². The zero-order valence-electron chi connectivity index (χ0n) is 9.79. The Kier molecular flexibility index (Phi) is 2.69. The molecular formula is C13H16N2O. The van der Waals surface area contributed by atoms with Crippen LogP contribution in [0.15, 0.2) is 29.2 Å². The largest absolute Gasteiger partial charge is 0.323 e. The Morgan fingerprint density at radius 2 is 2.00 bits per heavy atom. The zero-order chi connectivity index (χ0) is 11.7. The lowest BCUT2D eigenvalue weighted by molar-refractivity contribution is 0.866. The van der Waals surface area contributed by atoms with Gasteiger partial charge in [-0.3, -0.25) is 0 Å². The predicted octanol–water partition coefficient (Wildman–Crippen LogP) is 2.47. The number of H-pyrrole nitrogens is 2.